The van der Waals surface area contributed by atoms with Crippen LogP contribution >= 0.6 is 0 Å². The molecule has 1 saturated carbocycles. The molecule has 3 amide bonds. The average molecular weight is 565 g/mol. The first-order valence-corrected chi connectivity index (χ1v) is 13.0. The smallest absolute Gasteiger partial charge is 0.407 e. The van der Waals surface area contributed by atoms with Crippen LogP contribution in [0.5, 0.6) is 0 Å². The summed E-state index contributed by atoms with van der Waals surface area (Å²) in [7, 11) is 0. The third-order valence-corrected chi connectivity index (χ3v) is 6.93. The van der Waals surface area contributed by atoms with Crippen molar-refractivity contribution < 1.29 is 32.7 Å². The monoisotopic (exact) mass is 564 g/mol. The first kappa shape index (κ1) is 30.7. The summed E-state index contributed by atoms with van der Waals surface area (Å²) in [4.78, 5) is 51.2. The maximum absolute atomic E-state index is 12.8. The van der Waals surface area contributed by atoms with Crippen LogP contribution in [0, 0.1) is 5.92 Å². The molecule has 0 unspecified atom stereocenters. The fourth-order valence-electron chi connectivity index (χ4n) is 5.29. The summed E-state index contributed by atoms with van der Waals surface area (Å²) in [6, 6.07) is 9.18. The second kappa shape index (κ2) is 12.6. The van der Waals surface area contributed by atoms with Gasteiger partial charge in [0.25, 0.3) is 11.5 Å². The highest BCUT2D eigenvalue weighted by Crippen LogP contribution is 2.33. The van der Waals surface area contributed by atoms with E-state index in [0.717, 1.165) is 6.07 Å². The van der Waals surface area contributed by atoms with Gasteiger partial charge in [-0.15, -0.1) is 0 Å². The number of carbonyl (C=O) groups excluding carboxylic acids is 2. The summed E-state index contributed by atoms with van der Waals surface area (Å²) in [5.41, 5.74) is -0.929. The number of nitrogens with one attached hydrogen (secondary N) is 2. The van der Waals surface area contributed by atoms with E-state index >= 15 is 0 Å². The van der Waals surface area contributed by atoms with Gasteiger partial charge in [0.15, 0.2) is 0 Å². The molecular formula is C28H35F3N4O5. The van der Waals surface area contributed by atoms with E-state index in [1.807, 2.05) is 20.8 Å². The lowest BCUT2D eigenvalue weighted by molar-refractivity contribution is -0.127. The minimum Gasteiger partial charge on any atom is -0.465 e. The summed E-state index contributed by atoms with van der Waals surface area (Å²) in [6.45, 7) is 5.30. The van der Waals surface area contributed by atoms with Gasteiger partial charge >= 0.3 is 12.3 Å². The molecule has 1 heterocycles. The Hall–Kier alpha value is -3.83. The van der Waals surface area contributed by atoms with Crippen LogP contribution in [-0.2, 0) is 17.8 Å². The third kappa shape index (κ3) is 8.59. The van der Waals surface area contributed by atoms with Gasteiger partial charge in [-0.05, 0) is 69.7 Å². The summed E-state index contributed by atoms with van der Waals surface area (Å²) < 4.78 is 39.6. The van der Waals surface area contributed by atoms with E-state index in [4.69, 9.17) is 0 Å². The largest absolute Gasteiger partial charge is 0.465 e. The number of pyridine rings is 1. The highest BCUT2D eigenvalue weighted by molar-refractivity contribution is 5.96. The normalized spacial score (nSPS) is 19.5. The highest BCUT2D eigenvalue weighted by Gasteiger charge is 2.40. The molecule has 1 aromatic heterocycles. The Bertz CT molecular complexity index is 1270. The molecule has 0 bridgehead atoms. The molecule has 0 radical (unpaired) electrons. The zero-order chi connectivity index (χ0) is 29.7. The van der Waals surface area contributed by atoms with Gasteiger partial charge in [-0.25, -0.2) is 4.79 Å². The predicted octanol–water partition coefficient (Wildman–Crippen LogP) is 3.82. The standard InChI is InChI=1S/C28H35F3N4O5/c1-27(2,3)35(26(39)40)21-10-11-22(20(14-21)17-34-12-5-4-9-24(34)37)33-23(36)16-32-25(38)19-8-6-7-18(13-19)15-28(29,30)31/h4-9,12-13,20-22H,10-11,14-17H2,1-3H3,(H,32,38)(H,33,36)(H,39,40)/t20-,21+,22-/m0/s1. The van der Waals surface area contributed by atoms with Gasteiger partial charge < -0.3 is 25.2 Å². The number of alkyl halides is 3. The summed E-state index contributed by atoms with van der Waals surface area (Å²) >= 11 is 0. The first-order chi connectivity index (χ1) is 18.6. The zero-order valence-corrected chi connectivity index (χ0v) is 22.7. The highest BCUT2D eigenvalue weighted by atomic mass is 19.4. The number of aromatic nitrogens is 1. The van der Waals surface area contributed by atoms with Crippen molar-refractivity contribution in [3.63, 3.8) is 0 Å². The molecule has 2 aromatic rings. The minimum absolute atomic E-state index is 0.00679. The average Bonchev–Trinajstić information content (AvgIpc) is 2.83. The number of halogens is 3. The van der Waals surface area contributed by atoms with Crippen LogP contribution in [0.1, 0.15) is 56.0 Å². The van der Waals surface area contributed by atoms with E-state index in [1.165, 1.54) is 33.7 Å². The first-order valence-electron chi connectivity index (χ1n) is 13.0. The Kier molecular flexibility index (Phi) is 9.65. The van der Waals surface area contributed by atoms with Gasteiger partial charge in [-0.3, -0.25) is 14.4 Å². The molecule has 12 heteroatoms. The number of carboxylic acid groups (broad SMARTS) is 1. The van der Waals surface area contributed by atoms with Gasteiger partial charge in [-0.2, -0.15) is 13.2 Å². The van der Waals surface area contributed by atoms with Gasteiger partial charge in [0.1, 0.15) is 0 Å². The predicted molar refractivity (Wildman–Crippen MR) is 142 cm³/mol. The van der Waals surface area contributed by atoms with Crippen molar-refractivity contribution in [1.29, 1.82) is 0 Å². The van der Waals surface area contributed by atoms with Crippen LogP contribution < -0.4 is 16.2 Å². The second-order valence-electron chi connectivity index (χ2n) is 11.1. The van der Waals surface area contributed by atoms with Crippen molar-refractivity contribution >= 4 is 17.9 Å². The summed E-state index contributed by atoms with van der Waals surface area (Å²) in [5, 5.41) is 15.2. The van der Waals surface area contributed by atoms with Crippen LogP contribution in [0.2, 0.25) is 0 Å². The van der Waals surface area contributed by atoms with Crippen molar-refractivity contribution in [2.75, 3.05) is 6.54 Å². The maximum Gasteiger partial charge on any atom is 0.407 e. The van der Waals surface area contributed by atoms with Crippen molar-refractivity contribution in [1.82, 2.24) is 20.1 Å². The third-order valence-electron chi connectivity index (χ3n) is 6.93. The second-order valence-corrected chi connectivity index (χ2v) is 11.1. The lowest BCUT2D eigenvalue weighted by Gasteiger charge is -2.45. The summed E-state index contributed by atoms with van der Waals surface area (Å²) in [6.07, 6.45) is -3.63. The minimum atomic E-state index is -4.41. The van der Waals surface area contributed by atoms with Crippen LogP contribution in [-0.4, -0.2) is 62.8 Å². The van der Waals surface area contributed by atoms with Crippen LogP contribution in [0.4, 0.5) is 18.0 Å². The number of amides is 3. The number of carbonyl (C=O) groups is 3. The van der Waals surface area contributed by atoms with Crippen molar-refractivity contribution in [3.8, 4) is 0 Å². The van der Waals surface area contributed by atoms with Crippen molar-refractivity contribution in [2.45, 2.75) is 76.8 Å². The molecule has 3 rings (SSSR count). The van der Waals surface area contributed by atoms with Crippen LogP contribution in [0.25, 0.3) is 0 Å². The molecular weight excluding hydrogens is 529 g/mol. The number of nitrogens with zero attached hydrogens (tertiary/aromatic N) is 2. The van der Waals surface area contributed by atoms with Crippen LogP contribution in [0.3, 0.4) is 0 Å². The fraction of sp³-hybridized carbons (Fsp3) is 0.500. The Labute approximate surface area is 230 Å². The molecule has 1 aliphatic carbocycles. The Morgan fingerprint density at radius 2 is 1.80 bits per heavy atom. The quantitative estimate of drug-likeness (QED) is 0.450. The van der Waals surface area contributed by atoms with Gasteiger partial charge in [0.05, 0.1) is 13.0 Å². The number of benzene rings is 1. The molecule has 1 fully saturated rings. The van der Waals surface area contributed by atoms with Crippen molar-refractivity contribution in [3.05, 3.63) is 70.1 Å². The molecule has 9 nitrogen and oxygen atoms in total. The Morgan fingerprint density at radius 1 is 1.07 bits per heavy atom. The topological polar surface area (TPSA) is 121 Å². The lowest BCUT2D eigenvalue weighted by atomic mass is 9.79. The molecule has 1 aromatic carbocycles. The van der Waals surface area contributed by atoms with Gasteiger partial charge in [0, 0.05) is 42.0 Å². The van der Waals surface area contributed by atoms with Gasteiger partial charge in [-0.1, -0.05) is 18.2 Å². The number of hydrogen-bond donors (Lipinski definition) is 3. The fourth-order valence-corrected chi connectivity index (χ4v) is 5.29. The van der Waals surface area contributed by atoms with E-state index in [0.29, 0.717) is 19.3 Å². The lowest BCUT2D eigenvalue weighted by Crippen LogP contribution is -2.56. The number of hydrogen-bond acceptors (Lipinski definition) is 4. The Balaban J connectivity index is 1.69. The molecule has 3 atom stereocenters. The van der Waals surface area contributed by atoms with E-state index in [-0.39, 0.29) is 35.2 Å². The van der Waals surface area contributed by atoms with E-state index in [9.17, 15) is 37.5 Å². The molecule has 3 N–H and O–H groups in total. The maximum atomic E-state index is 12.8. The number of rotatable bonds is 8. The van der Waals surface area contributed by atoms with E-state index < -0.39 is 48.6 Å². The zero-order valence-electron chi connectivity index (χ0n) is 22.7. The molecule has 1 aliphatic rings. The molecule has 0 saturated heterocycles. The molecule has 40 heavy (non-hydrogen) atoms. The summed E-state index contributed by atoms with van der Waals surface area (Å²) in [5.74, 6) is -1.46. The van der Waals surface area contributed by atoms with E-state index in [1.54, 1.807) is 18.3 Å². The van der Waals surface area contributed by atoms with E-state index in [2.05, 4.69) is 10.6 Å². The van der Waals surface area contributed by atoms with Crippen LogP contribution in [0.15, 0.2) is 53.5 Å². The molecule has 218 valence electrons. The Morgan fingerprint density at radius 3 is 2.42 bits per heavy atom. The molecule has 0 aliphatic heterocycles. The molecule has 0 spiro atoms. The SMILES string of the molecule is CC(C)(C)N(C(=O)O)[C@@H]1CC[C@H](NC(=O)CNC(=O)c2cccc(CC(F)(F)F)c2)[C@H](Cn2ccccc2=O)C1. The van der Waals surface area contributed by atoms with Crippen molar-refractivity contribution in [2.24, 2.45) is 5.92 Å². The van der Waals surface area contributed by atoms with Gasteiger partial charge in [0.2, 0.25) is 5.91 Å².